The molecule has 2 nitrogen and oxygen atoms in total. The number of rotatable bonds is 1. The predicted molar refractivity (Wildman–Crippen MR) is 46.7 cm³/mol. The summed E-state index contributed by atoms with van der Waals surface area (Å²) in [5.74, 6) is 0. The molecule has 0 amide bonds. The molecule has 3 atom stereocenters. The van der Waals surface area contributed by atoms with E-state index < -0.39 is 0 Å². The van der Waals surface area contributed by atoms with Crippen LogP contribution in [0, 0.1) is 0 Å². The minimum absolute atomic E-state index is 0.0614. The molecule has 1 saturated heterocycles. The molecule has 1 N–H and O–H groups in total. The summed E-state index contributed by atoms with van der Waals surface area (Å²) in [7, 11) is 0. The van der Waals surface area contributed by atoms with Crippen LogP contribution in [0.4, 0.5) is 0 Å². The second-order valence-corrected chi connectivity index (χ2v) is 3.80. The van der Waals surface area contributed by atoms with Crippen molar-refractivity contribution in [1.82, 2.24) is 5.32 Å². The van der Waals surface area contributed by atoms with Gasteiger partial charge in [-0.25, -0.2) is 0 Å². The van der Waals surface area contributed by atoms with E-state index in [0.717, 1.165) is 13.0 Å². The maximum absolute atomic E-state index is 5.87. The Labute approximate surface area is 69.3 Å². The molecule has 11 heavy (non-hydrogen) atoms. The van der Waals surface area contributed by atoms with Crippen LogP contribution in [-0.4, -0.2) is 24.3 Å². The van der Waals surface area contributed by atoms with Crippen LogP contribution >= 0.6 is 0 Å². The first-order valence-electron chi connectivity index (χ1n) is 4.48. The summed E-state index contributed by atoms with van der Waals surface area (Å²) < 4.78 is 5.87. The quantitative estimate of drug-likeness (QED) is 0.623. The molecular formula is C9H19NO. The van der Waals surface area contributed by atoms with Gasteiger partial charge in [0.2, 0.25) is 0 Å². The van der Waals surface area contributed by atoms with Crippen molar-refractivity contribution in [3.8, 4) is 0 Å². The lowest BCUT2D eigenvalue weighted by Gasteiger charge is -2.41. The van der Waals surface area contributed by atoms with Crippen LogP contribution in [0.2, 0.25) is 0 Å². The molecule has 0 aliphatic carbocycles. The molecule has 1 rings (SSSR count). The summed E-state index contributed by atoms with van der Waals surface area (Å²) in [5.41, 5.74) is 0.0614. The van der Waals surface area contributed by atoms with E-state index in [1.165, 1.54) is 0 Å². The molecule has 0 radical (unpaired) electrons. The van der Waals surface area contributed by atoms with Crippen molar-refractivity contribution in [3.05, 3.63) is 0 Å². The van der Waals surface area contributed by atoms with Gasteiger partial charge in [0.25, 0.3) is 0 Å². The summed E-state index contributed by atoms with van der Waals surface area (Å²) >= 11 is 0. The van der Waals surface area contributed by atoms with Gasteiger partial charge in [-0.1, -0.05) is 6.92 Å². The van der Waals surface area contributed by atoms with Gasteiger partial charge in [-0.15, -0.1) is 0 Å². The number of morpholine rings is 1. The Balaban J connectivity index is 2.51. The second-order valence-electron chi connectivity index (χ2n) is 3.80. The number of nitrogens with one attached hydrogen (secondary N) is 1. The van der Waals surface area contributed by atoms with Gasteiger partial charge in [0, 0.05) is 12.6 Å². The van der Waals surface area contributed by atoms with Crippen LogP contribution in [0.1, 0.15) is 34.1 Å². The molecule has 0 aromatic carbocycles. The first-order chi connectivity index (χ1) is 5.07. The van der Waals surface area contributed by atoms with E-state index >= 15 is 0 Å². The first-order valence-corrected chi connectivity index (χ1v) is 4.48. The van der Waals surface area contributed by atoms with Crippen LogP contribution in [0.15, 0.2) is 0 Å². The van der Waals surface area contributed by atoms with Gasteiger partial charge in [0.05, 0.1) is 11.7 Å². The minimum Gasteiger partial charge on any atom is -0.369 e. The maximum Gasteiger partial charge on any atom is 0.0780 e. The van der Waals surface area contributed by atoms with Crippen molar-refractivity contribution in [3.63, 3.8) is 0 Å². The van der Waals surface area contributed by atoms with Crippen molar-refractivity contribution in [1.29, 1.82) is 0 Å². The van der Waals surface area contributed by atoms with Gasteiger partial charge in [0.1, 0.15) is 0 Å². The van der Waals surface area contributed by atoms with Crippen molar-refractivity contribution >= 4 is 0 Å². The zero-order chi connectivity index (χ0) is 8.48. The van der Waals surface area contributed by atoms with Gasteiger partial charge < -0.3 is 10.1 Å². The Morgan fingerprint density at radius 2 is 2.18 bits per heavy atom. The molecule has 0 aromatic rings. The smallest absolute Gasteiger partial charge is 0.0780 e. The van der Waals surface area contributed by atoms with Gasteiger partial charge >= 0.3 is 0 Å². The highest BCUT2D eigenvalue weighted by atomic mass is 16.5. The zero-order valence-corrected chi connectivity index (χ0v) is 7.98. The monoisotopic (exact) mass is 157 g/mol. The summed E-state index contributed by atoms with van der Waals surface area (Å²) in [4.78, 5) is 0. The zero-order valence-electron chi connectivity index (χ0n) is 7.98. The van der Waals surface area contributed by atoms with Crippen molar-refractivity contribution in [2.75, 3.05) is 6.54 Å². The first kappa shape index (κ1) is 9.01. The van der Waals surface area contributed by atoms with Gasteiger partial charge in [-0.3, -0.25) is 0 Å². The van der Waals surface area contributed by atoms with Crippen LogP contribution in [0.25, 0.3) is 0 Å². The average molecular weight is 157 g/mol. The predicted octanol–water partition coefficient (Wildman–Crippen LogP) is 1.55. The van der Waals surface area contributed by atoms with Gasteiger partial charge in [-0.2, -0.15) is 0 Å². The van der Waals surface area contributed by atoms with Gasteiger partial charge in [0.15, 0.2) is 0 Å². The Hall–Kier alpha value is -0.0800. The van der Waals surface area contributed by atoms with E-state index in [1.807, 2.05) is 0 Å². The van der Waals surface area contributed by atoms with E-state index in [4.69, 9.17) is 4.74 Å². The molecule has 1 aliphatic rings. The largest absolute Gasteiger partial charge is 0.369 e. The van der Waals surface area contributed by atoms with E-state index in [9.17, 15) is 0 Å². The standard InChI is InChI=1S/C9H19NO/c1-5-9(4)6-10-7(2)8(3)11-9/h7-8,10H,5-6H2,1-4H3. The maximum atomic E-state index is 5.87. The highest BCUT2D eigenvalue weighted by Crippen LogP contribution is 2.22. The molecule has 3 unspecified atom stereocenters. The summed E-state index contributed by atoms with van der Waals surface area (Å²) in [6.07, 6.45) is 1.42. The average Bonchev–Trinajstić information content (AvgIpc) is 1.98. The van der Waals surface area contributed by atoms with Gasteiger partial charge in [-0.05, 0) is 27.2 Å². The Bertz CT molecular complexity index is 138. The lowest BCUT2D eigenvalue weighted by Crippen LogP contribution is -2.55. The normalized spacial score (nSPS) is 45.8. The molecule has 66 valence electrons. The lowest BCUT2D eigenvalue weighted by atomic mass is 9.99. The molecule has 1 fully saturated rings. The number of hydrogen-bond acceptors (Lipinski definition) is 2. The van der Waals surface area contributed by atoms with Crippen molar-refractivity contribution in [2.45, 2.75) is 51.9 Å². The van der Waals surface area contributed by atoms with Crippen LogP contribution in [-0.2, 0) is 4.74 Å². The van der Waals surface area contributed by atoms with Crippen molar-refractivity contribution in [2.24, 2.45) is 0 Å². The minimum atomic E-state index is 0.0614. The highest BCUT2D eigenvalue weighted by molar-refractivity contribution is 4.86. The molecule has 1 heterocycles. The topological polar surface area (TPSA) is 21.3 Å². The fourth-order valence-corrected chi connectivity index (χ4v) is 1.34. The summed E-state index contributed by atoms with van der Waals surface area (Å²) in [5, 5.41) is 3.45. The highest BCUT2D eigenvalue weighted by Gasteiger charge is 2.32. The Morgan fingerprint density at radius 3 is 2.64 bits per heavy atom. The number of ether oxygens (including phenoxy) is 1. The third-order valence-electron chi connectivity index (χ3n) is 2.72. The molecule has 0 bridgehead atoms. The van der Waals surface area contributed by atoms with Crippen LogP contribution in [0.5, 0.6) is 0 Å². The van der Waals surface area contributed by atoms with Crippen LogP contribution < -0.4 is 5.32 Å². The summed E-state index contributed by atoms with van der Waals surface area (Å²) in [6, 6.07) is 0.495. The SMILES string of the molecule is CCC1(C)CNC(C)C(C)O1. The Morgan fingerprint density at radius 1 is 1.55 bits per heavy atom. The third kappa shape index (κ3) is 1.94. The second kappa shape index (κ2) is 3.11. The van der Waals surface area contributed by atoms with E-state index in [1.54, 1.807) is 0 Å². The molecule has 0 saturated carbocycles. The van der Waals surface area contributed by atoms with E-state index in [0.29, 0.717) is 12.1 Å². The fraction of sp³-hybridized carbons (Fsp3) is 1.00. The van der Waals surface area contributed by atoms with E-state index in [-0.39, 0.29) is 5.60 Å². The molecule has 0 aromatic heterocycles. The van der Waals surface area contributed by atoms with Crippen LogP contribution in [0.3, 0.4) is 0 Å². The molecular weight excluding hydrogens is 138 g/mol. The third-order valence-corrected chi connectivity index (χ3v) is 2.72. The van der Waals surface area contributed by atoms with E-state index in [2.05, 4.69) is 33.0 Å². The fourth-order valence-electron chi connectivity index (χ4n) is 1.34. The number of hydrogen-bond donors (Lipinski definition) is 1. The molecule has 1 aliphatic heterocycles. The molecule has 2 heteroatoms. The van der Waals surface area contributed by atoms with Crippen molar-refractivity contribution < 1.29 is 4.74 Å². The summed E-state index contributed by atoms with van der Waals surface area (Å²) in [6.45, 7) is 9.62. The molecule has 0 spiro atoms. The Kier molecular flexibility index (Phi) is 2.55. The lowest BCUT2D eigenvalue weighted by molar-refractivity contribution is -0.116.